The van der Waals surface area contributed by atoms with Gasteiger partial charge in [-0.15, -0.1) is 0 Å². The third-order valence-corrected chi connectivity index (χ3v) is 4.34. The van der Waals surface area contributed by atoms with E-state index in [2.05, 4.69) is 4.98 Å². The van der Waals surface area contributed by atoms with Crippen LogP contribution in [-0.4, -0.2) is 53.6 Å². The molecule has 1 aliphatic heterocycles. The van der Waals surface area contributed by atoms with Crippen molar-refractivity contribution in [2.24, 2.45) is 5.73 Å². The van der Waals surface area contributed by atoms with E-state index in [-0.39, 0.29) is 49.4 Å². The van der Waals surface area contributed by atoms with Crippen molar-refractivity contribution < 1.29 is 23.5 Å². The summed E-state index contributed by atoms with van der Waals surface area (Å²) in [6.45, 7) is 0.586. The van der Waals surface area contributed by atoms with E-state index in [1.54, 1.807) is 18.2 Å². The van der Waals surface area contributed by atoms with Crippen molar-refractivity contribution in [3.8, 4) is 5.75 Å². The molecule has 1 aromatic carbocycles. The fourth-order valence-corrected chi connectivity index (χ4v) is 3.06. The van der Waals surface area contributed by atoms with Gasteiger partial charge in [-0.3, -0.25) is 9.59 Å². The number of morpholine rings is 1. The van der Waals surface area contributed by atoms with Crippen molar-refractivity contribution in [3.63, 3.8) is 0 Å². The van der Waals surface area contributed by atoms with Gasteiger partial charge in [0.05, 0.1) is 19.6 Å². The number of primary amides is 1. The van der Waals surface area contributed by atoms with Crippen molar-refractivity contribution in [2.75, 3.05) is 32.0 Å². The Morgan fingerprint density at radius 2 is 2.00 bits per heavy atom. The van der Waals surface area contributed by atoms with Crippen LogP contribution in [0.2, 0.25) is 0 Å². The molecule has 0 spiro atoms. The molecule has 0 radical (unpaired) electrons. The van der Waals surface area contributed by atoms with Crippen LogP contribution in [0.15, 0.2) is 42.5 Å². The van der Waals surface area contributed by atoms with Crippen LogP contribution < -0.4 is 16.2 Å². The van der Waals surface area contributed by atoms with Gasteiger partial charge >= 0.3 is 0 Å². The fraction of sp³-hybridized carbons (Fsp3) is 0.316. The van der Waals surface area contributed by atoms with Crippen molar-refractivity contribution in [3.05, 3.63) is 54.0 Å². The summed E-state index contributed by atoms with van der Waals surface area (Å²) in [6.07, 6.45) is -0.137. The largest absolute Gasteiger partial charge is 0.490 e. The van der Waals surface area contributed by atoms with Gasteiger partial charge in [0.2, 0.25) is 5.91 Å². The molecule has 0 saturated carbocycles. The Hall–Kier alpha value is -3.20. The zero-order chi connectivity index (χ0) is 20.1. The van der Waals surface area contributed by atoms with Gasteiger partial charge in [0.1, 0.15) is 35.3 Å². The second-order valence-corrected chi connectivity index (χ2v) is 6.59. The predicted octanol–water partition coefficient (Wildman–Crippen LogP) is 0.968. The maximum Gasteiger partial charge on any atom is 0.272 e. The lowest BCUT2D eigenvalue weighted by molar-refractivity contribution is -0.142. The molecule has 1 aliphatic rings. The van der Waals surface area contributed by atoms with Crippen molar-refractivity contribution in [2.45, 2.75) is 12.0 Å². The zero-order valence-corrected chi connectivity index (χ0v) is 15.1. The summed E-state index contributed by atoms with van der Waals surface area (Å²) in [7, 11) is 0. The van der Waals surface area contributed by atoms with E-state index >= 15 is 0 Å². The normalized spacial score (nSPS) is 19.2. The van der Waals surface area contributed by atoms with Gasteiger partial charge in [-0.25, -0.2) is 9.37 Å². The Labute approximate surface area is 161 Å². The number of nitrogens with zero attached hydrogens (tertiary/aromatic N) is 2. The second kappa shape index (κ2) is 8.22. The molecule has 1 saturated heterocycles. The van der Waals surface area contributed by atoms with Crippen LogP contribution in [0.5, 0.6) is 5.75 Å². The summed E-state index contributed by atoms with van der Waals surface area (Å²) < 4.78 is 24.6. The van der Waals surface area contributed by atoms with E-state index in [9.17, 15) is 14.0 Å². The molecule has 9 heteroatoms. The van der Waals surface area contributed by atoms with Crippen LogP contribution >= 0.6 is 0 Å². The monoisotopic (exact) mass is 388 g/mol. The molecule has 28 heavy (non-hydrogen) atoms. The Morgan fingerprint density at radius 1 is 1.25 bits per heavy atom. The Kier molecular flexibility index (Phi) is 5.74. The van der Waals surface area contributed by atoms with Crippen LogP contribution in [0, 0.1) is 5.82 Å². The fourth-order valence-electron chi connectivity index (χ4n) is 3.06. The molecule has 4 N–H and O–H groups in total. The molecule has 0 bridgehead atoms. The Balaban J connectivity index is 1.76. The maximum atomic E-state index is 13.1. The van der Waals surface area contributed by atoms with Gasteiger partial charge in [-0.05, 0) is 36.4 Å². The van der Waals surface area contributed by atoms with Crippen molar-refractivity contribution >= 4 is 17.6 Å². The number of carbonyl (C=O) groups excluding carboxylic acids is 2. The zero-order valence-electron chi connectivity index (χ0n) is 15.1. The quantitative estimate of drug-likeness (QED) is 0.761. The molecule has 1 aromatic heterocycles. The molecule has 2 heterocycles. The number of aromatic nitrogens is 1. The number of nitrogens with two attached hydrogens (primary N) is 2. The Bertz CT molecular complexity index is 861. The molecule has 1 atom stereocenters. The van der Waals surface area contributed by atoms with Gasteiger partial charge in [0.15, 0.2) is 0 Å². The molecule has 8 nitrogen and oxygen atoms in total. The number of carbonyl (C=O) groups is 2. The first-order valence-electron chi connectivity index (χ1n) is 8.69. The summed E-state index contributed by atoms with van der Waals surface area (Å²) in [6, 6.07) is 10.3. The minimum absolute atomic E-state index is 0.0320. The van der Waals surface area contributed by atoms with E-state index in [0.717, 1.165) is 0 Å². The van der Waals surface area contributed by atoms with Gasteiger partial charge in [0.25, 0.3) is 5.91 Å². The highest BCUT2D eigenvalue weighted by atomic mass is 19.1. The van der Waals surface area contributed by atoms with Crippen molar-refractivity contribution in [1.82, 2.24) is 9.88 Å². The highest BCUT2D eigenvalue weighted by Gasteiger charge is 2.41. The highest BCUT2D eigenvalue weighted by Crippen LogP contribution is 2.25. The summed E-state index contributed by atoms with van der Waals surface area (Å²) in [5.41, 5.74) is 10.1. The minimum Gasteiger partial charge on any atom is -0.490 e. The third kappa shape index (κ3) is 4.74. The average molecular weight is 388 g/mol. The summed E-state index contributed by atoms with van der Waals surface area (Å²) >= 11 is 0. The van der Waals surface area contributed by atoms with E-state index in [0.29, 0.717) is 12.3 Å². The molecule has 148 valence electrons. The number of halogens is 1. The van der Waals surface area contributed by atoms with Gasteiger partial charge < -0.3 is 25.8 Å². The molecule has 2 amide bonds. The summed E-state index contributed by atoms with van der Waals surface area (Å²) in [4.78, 5) is 30.0. The average Bonchev–Trinajstić information content (AvgIpc) is 2.67. The number of benzene rings is 1. The number of hydrogen-bond donors (Lipinski definition) is 2. The van der Waals surface area contributed by atoms with Crippen LogP contribution in [0.1, 0.15) is 16.9 Å². The molecular weight excluding hydrogens is 367 g/mol. The van der Waals surface area contributed by atoms with E-state index < -0.39 is 11.5 Å². The molecule has 2 aromatic rings. The predicted molar refractivity (Wildman–Crippen MR) is 98.9 cm³/mol. The first kappa shape index (κ1) is 19.6. The lowest BCUT2D eigenvalue weighted by Gasteiger charge is -2.41. The molecular formula is C19H21FN4O4. The molecule has 1 fully saturated rings. The molecule has 0 unspecified atom stereocenters. The molecule has 3 rings (SSSR count). The van der Waals surface area contributed by atoms with E-state index in [1.165, 1.54) is 29.2 Å². The lowest BCUT2D eigenvalue weighted by Crippen LogP contribution is -2.58. The number of ether oxygens (including phenoxy) is 2. The number of rotatable bonds is 6. The van der Waals surface area contributed by atoms with E-state index in [4.69, 9.17) is 20.9 Å². The van der Waals surface area contributed by atoms with E-state index in [1.807, 2.05) is 0 Å². The number of pyridine rings is 1. The maximum absolute atomic E-state index is 13.1. The summed E-state index contributed by atoms with van der Waals surface area (Å²) in [5.74, 6) is -0.651. The smallest absolute Gasteiger partial charge is 0.272 e. The lowest BCUT2D eigenvalue weighted by atomic mass is 9.97. The number of amides is 2. The van der Waals surface area contributed by atoms with Gasteiger partial charge in [0, 0.05) is 6.54 Å². The second-order valence-electron chi connectivity index (χ2n) is 6.59. The van der Waals surface area contributed by atoms with Gasteiger partial charge in [-0.1, -0.05) is 6.07 Å². The topological polar surface area (TPSA) is 121 Å². The van der Waals surface area contributed by atoms with Gasteiger partial charge in [-0.2, -0.15) is 0 Å². The van der Waals surface area contributed by atoms with Crippen LogP contribution in [0.4, 0.5) is 10.2 Å². The third-order valence-electron chi connectivity index (χ3n) is 4.34. The SMILES string of the molecule is NC(=O)C[C@@]1(COc2ccc(F)cc2)CN(C(=O)c2cccc(N)n2)CCO1. The standard InChI is InChI=1S/C19H21FN4O4/c20-13-4-6-14(7-5-13)27-12-19(10-17(22)25)11-24(8-9-28-19)18(26)15-2-1-3-16(21)23-15/h1-7H,8-12H2,(H2,21,23)(H2,22,25)/t19-/m0/s1. The number of anilines is 1. The summed E-state index contributed by atoms with van der Waals surface area (Å²) in [5, 5.41) is 0. The first-order valence-corrected chi connectivity index (χ1v) is 8.69. The van der Waals surface area contributed by atoms with Crippen LogP contribution in [0.25, 0.3) is 0 Å². The first-order chi connectivity index (χ1) is 13.4. The number of hydrogen-bond acceptors (Lipinski definition) is 6. The minimum atomic E-state index is -1.12. The highest BCUT2D eigenvalue weighted by molar-refractivity contribution is 5.92. The van der Waals surface area contributed by atoms with Crippen molar-refractivity contribution in [1.29, 1.82) is 0 Å². The van der Waals surface area contributed by atoms with Crippen LogP contribution in [-0.2, 0) is 9.53 Å². The Morgan fingerprint density at radius 3 is 2.68 bits per heavy atom. The number of nitrogen functional groups attached to an aromatic ring is 1. The van der Waals surface area contributed by atoms with Crippen LogP contribution in [0.3, 0.4) is 0 Å². The molecule has 0 aliphatic carbocycles.